The number of carbonyl (C=O) groups excluding carboxylic acids is 1. The molecule has 0 N–H and O–H groups in total. The predicted molar refractivity (Wildman–Crippen MR) is 41.9 cm³/mol. The maximum Gasteiger partial charge on any atom is 0.462 e. The maximum atomic E-state index is 12.7. The van der Waals surface area contributed by atoms with Crippen molar-refractivity contribution in [3.63, 3.8) is 0 Å². The number of rotatable bonds is 5. The van der Waals surface area contributed by atoms with E-state index in [1.165, 1.54) is 0 Å². The first-order chi connectivity index (χ1) is 9.27. The quantitative estimate of drug-likeness (QED) is 0.419. The van der Waals surface area contributed by atoms with Crippen LogP contribution in [0.2, 0.25) is 0 Å². The summed E-state index contributed by atoms with van der Waals surface area (Å²) >= 11 is 0. The van der Waals surface area contributed by atoms with E-state index in [0.717, 1.165) is 0 Å². The molecule has 22 heavy (non-hydrogen) atoms. The fourth-order valence-electron chi connectivity index (χ4n) is 0.814. The third-order valence-corrected chi connectivity index (χ3v) is 3.05. The molecular weight excluding hydrogens is 377 g/mol. The molecule has 0 aromatic carbocycles. The second-order valence-electron chi connectivity index (χ2n) is 3.41. The van der Waals surface area contributed by atoms with Crippen LogP contribution >= 0.6 is 0 Å². The van der Waals surface area contributed by atoms with Gasteiger partial charge in [-0.15, -0.1) is 3.89 Å². The molecule has 16 heteroatoms. The van der Waals surface area contributed by atoms with E-state index >= 15 is 0 Å². The van der Waals surface area contributed by atoms with Gasteiger partial charge in [-0.1, -0.05) is 0 Å². The number of carbonyl (C=O) groups is 1. The van der Waals surface area contributed by atoms with Crippen LogP contribution in [0, 0.1) is 0 Å². The summed E-state index contributed by atoms with van der Waals surface area (Å²) in [5.41, 5.74) is 0. The second kappa shape index (κ2) is 5.17. The summed E-state index contributed by atoms with van der Waals surface area (Å²) in [5, 5.41) is 0. The molecule has 0 aromatic heterocycles. The zero-order chi connectivity index (χ0) is 18.4. The van der Waals surface area contributed by atoms with Crippen LogP contribution in [-0.4, -0.2) is 44.0 Å². The number of hydrogen-bond donors (Lipinski definition) is 0. The van der Waals surface area contributed by atoms with Crippen molar-refractivity contribution in [3.05, 3.63) is 0 Å². The molecule has 0 radical (unpaired) electrons. The minimum atomic E-state index is -7.57. The van der Waals surface area contributed by atoms with Crippen molar-refractivity contribution in [1.29, 1.82) is 0 Å². The number of ether oxygens (including phenoxy) is 1. The lowest BCUT2D eigenvalue weighted by Crippen LogP contribution is -2.63. The normalized spacial score (nSPS) is 18.0. The van der Waals surface area contributed by atoms with Crippen molar-refractivity contribution < 1.29 is 65.7 Å². The lowest BCUT2D eigenvalue weighted by atomic mass is 10.3. The lowest BCUT2D eigenvalue weighted by molar-refractivity contribution is -0.445. The molecule has 0 aliphatic rings. The molecule has 0 fully saturated rings. The first-order valence-corrected chi connectivity index (χ1v) is 5.65. The zero-order valence-corrected chi connectivity index (χ0v) is 10.1. The molecule has 4 nitrogen and oxygen atoms in total. The standard InChI is InChI=1S/C6HF11O4S/c7-3(8,5(12,13)14)6(15,16)21-2(1-18,4(9,10)11)22(17,19)20/h1H. The third kappa shape index (κ3) is 3.11. The Bertz CT molecular complexity index is 532. The molecule has 0 aliphatic carbocycles. The summed E-state index contributed by atoms with van der Waals surface area (Å²) in [6, 6.07) is 0. The first kappa shape index (κ1) is 20.8. The van der Waals surface area contributed by atoms with E-state index in [2.05, 4.69) is 0 Å². The maximum absolute atomic E-state index is 12.7. The van der Waals surface area contributed by atoms with Gasteiger partial charge in [0.05, 0.1) is 0 Å². The minimum Gasteiger partial charge on any atom is -0.298 e. The van der Waals surface area contributed by atoms with Gasteiger partial charge >= 0.3 is 39.5 Å². The van der Waals surface area contributed by atoms with Crippen LogP contribution in [-0.2, 0) is 19.8 Å². The fraction of sp³-hybridized carbons (Fsp3) is 0.833. The van der Waals surface area contributed by atoms with Crippen molar-refractivity contribution >= 4 is 16.5 Å². The highest BCUT2D eigenvalue weighted by atomic mass is 32.3. The van der Waals surface area contributed by atoms with Gasteiger partial charge in [-0.05, 0) is 0 Å². The van der Waals surface area contributed by atoms with Crippen molar-refractivity contribution in [2.75, 3.05) is 0 Å². The summed E-state index contributed by atoms with van der Waals surface area (Å²) in [5.74, 6) is -7.37. The van der Waals surface area contributed by atoms with E-state index in [1.807, 2.05) is 4.74 Å². The van der Waals surface area contributed by atoms with Crippen LogP contribution < -0.4 is 0 Å². The number of hydrogen-bond acceptors (Lipinski definition) is 4. The summed E-state index contributed by atoms with van der Waals surface area (Å²) in [7, 11) is -7.57. The average Bonchev–Trinajstić information content (AvgIpc) is 2.20. The van der Waals surface area contributed by atoms with Crippen molar-refractivity contribution in [2.24, 2.45) is 0 Å². The topological polar surface area (TPSA) is 60.4 Å². The van der Waals surface area contributed by atoms with E-state index < -0.39 is 45.8 Å². The van der Waals surface area contributed by atoms with Crippen molar-refractivity contribution in [3.8, 4) is 0 Å². The molecule has 0 aromatic rings. The molecule has 0 rings (SSSR count). The minimum absolute atomic E-state index is 1.84. The number of aldehydes is 1. The molecule has 0 aliphatic heterocycles. The lowest BCUT2D eigenvalue weighted by Gasteiger charge is -2.34. The Morgan fingerprint density at radius 3 is 1.32 bits per heavy atom. The number of alkyl halides is 10. The van der Waals surface area contributed by atoms with E-state index in [4.69, 9.17) is 0 Å². The van der Waals surface area contributed by atoms with Crippen LogP contribution in [0.3, 0.4) is 0 Å². The summed E-state index contributed by atoms with van der Waals surface area (Å²) in [6.07, 6.45) is -23.6. The molecule has 1 unspecified atom stereocenters. The summed E-state index contributed by atoms with van der Waals surface area (Å²) < 4.78 is 156. The average molecular weight is 378 g/mol. The van der Waals surface area contributed by atoms with Gasteiger partial charge in [0, 0.05) is 0 Å². The Hall–Kier alpha value is -1.19. The Morgan fingerprint density at radius 2 is 1.14 bits per heavy atom. The highest BCUT2D eigenvalue weighted by Gasteiger charge is 2.80. The van der Waals surface area contributed by atoms with Crippen LogP contribution in [0.25, 0.3) is 0 Å². The van der Waals surface area contributed by atoms with E-state index in [0.29, 0.717) is 0 Å². The van der Waals surface area contributed by atoms with Gasteiger partial charge in [0.15, 0.2) is 6.29 Å². The van der Waals surface area contributed by atoms with Gasteiger partial charge in [0.25, 0.3) is 0 Å². The molecular formula is C6HF11O4S. The molecule has 132 valence electrons. The monoisotopic (exact) mass is 378 g/mol. The van der Waals surface area contributed by atoms with Crippen LogP contribution in [0.15, 0.2) is 0 Å². The van der Waals surface area contributed by atoms with Crippen LogP contribution in [0.1, 0.15) is 0 Å². The zero-order valence-electron chi connectivity index (χ0n) is 9.28. The second-order valence-corrected chi connectivity index (χ2v) is 4.89. The van der Waals surface area contributed by atoms with Crippen molar-refractivity contribution in [2.45, 2.75) is 29.3 Å². The van der Waals surface area contributed by atoms with E-state index in [1.54, 1.807) is 0 Å². The van der Waals surface area contributed by atoms with Crippen LogP contribution in [0.4, 0.5) is 47.8 Å². The Balaban J connectivity index is 6.28. The van der Waals surface area contributed by atoms with Gasteiger partial charge in [-0.3, -0.25) is 9.53 Å². The molecule has 0 saturated heterocycles. The largest absolute Gasteiger partial charge is 0.462 e. The van der Waals surface area contributed by atoms with Crippen LogP contribution in [0.5, 0.6) is 0 Å². The first-order valence-electron chi connectivity index (χ1n) is 4.26. The Kier molecular flexibility index (Phi) is 4.89. The van der Waals surface area contributed by atoms with Gasteiger partial charge in [0.2, 0.25) is 0 Å². The third-order valence-electron chi connectivity index (χ3n) is 1.91. The summed E-state index contributed by atoms with van der Waals surface area (Å²) in [4.78, 5) is 3.77. The number of halogens is 11. The van der Waals surface area contributed by atoms with Gasteiger partial charge < -0.3 is 0 Å². The molecule has 0 bridgehead atoms. The van der Waals surface area contributed by atoms with Gasteiger partial charge in [0.1, 0.15) is 0 Å². The van der Waals surface area contributed by atoms with E-state index in [9.17, 15) is 61.0 Å². The molecule has 0 amide bonds. The SMILES string of the molecule is O=CC(OC(F)(F)C(F)(F)C(F)(F)F)(C(F)(F)F)S(=O)(=O)F. The van der Waals surface area contributed by atoms with Gasteiger partial charge in [-0.25, -0.2) is 0 Å². The fourth-order valence-corrected chi connectivity index (χ4v) is 1.41. The highest BCUT2D eigenvalue weighted by molar-refractivity contribution is 7.88. The highest BCUT2D eigenvalue weighted by Crippen LogP contribution is 2.51. The van der Waals surface area contributed by atoms with Crippen molar-refractivity contribution in [1.82, 2.24) is 0 Å². The molecule has 0 heterocycles. The molecule has 0 saturated carbocycles. The Morgan fingerprint density at radius 1 is 0.773 bits per heavy atom. The summed E-state index contributed by atoms with van der Waals surface area (Å²) in [6.45, 7) is 0. The van der Waals surface area contributed by atoms with E-state index in [-0.39, 0.29) is 0 Å². The van der Waals surface area contributed by atoms with Gasteiger partial charge in [-0.2, -0.15) is 52.3 Å². The molecule has 0 spiro atoms. The smallest absolute Gasteiger partial charge is 0.298 e. The molecule has 1 atom stereocenters. The predicted octanol–water partition coefficient (Wildman–Crippen LogP) is 2.55. The Labute approximate surface area is 113 Å².